The number of nitrogens with one attached hydrogen (secondary N) is 2. The molecule has 0 aliphatic heterocycles. The van der Waals surface area contributed by atoms with Crippen LogP contribution in [0.4, 0.5) is 0 Å². The molecule has 0 fully saturated rings. The van der Waals surface area contributed by atoms with E-state index in [1.54, 1.807) is 25.4 Å². The quantitative estimate of drug-likeness (QED) is 0.424. The van der Waals surface area contributed by atoms with Crippen molar-refractivity contribution in [2.75, 3.05) is 7.05 Å². The van der Waals surface area contributed by atoms with Gasteiger partial charge in [-0.3, -0.25) is 15.2 Å². The second-order valence-corrected chi connectivity index (χ2v) is 5.96. The summed E-state index contributed by atoms with van der Waals surface area (Å²) in [6, 6.07) is 7.77. The van der Waals surface area contributed by atoms with E-state index in [0.29, 0.717) is 23.3 Å². The molecule has 0 radical (unpaired) electrons. The molecule has 0 saturated carbocycles. The highest BCUT2D eigenvalue weighted by molar-refractivity contribution is 6.08. The van der Waals surface area contributed by atoms with Gasteiger partial charge in [0.1, 0.15) is 0 Å². The van der Waals surface area contributed by atoms with Crippen LogP contribution in [0.1, 0.15) is 18.6 Å². The van der Waals surface area contributed by atoms with Crippen molar-refractivity contribution in [1.82, 2.24) is 30.4 Å². The number of aliphatic imine (C=N–C) groups is 1. The minimum absolute atomic E-state index is 0.533. The number of aromatic nitrogens is 6. The first kappa shape index (κ1) is 19.7. The summed E-state index contributed by atoms with van der Waals surface area (Å²) in [6.45, 7) is 5.63. The molecule has 0 amide bonds. The number of benzene rings is 1. The Bertz CT molecular complexity index is 1110. The van der Waals surface area contributed by atoms with Gasteiger partial charge in [-0.25, -0.2) is 9.97 Å². The zero-order valence-electron chi connectivity index (χ0n) is 16.3. The van der Waals surface area contributed by atoms with Crippen molar-refractivity contribution in [2.45, 2.75) is 6.92 Å². The third-order valence-corrected chi connectivity index (χ3v) is 3.99. The average Bonchev–Trinajstić information content (AvgIpc) is 3.42. The zero-order valence-corrected chi connectivity index (χ0v) is 16.3. The molecule has 0 aliphatic carbocycles. The maximum Gasteiger partial charge on any atom is 0.183 e. The Balaban J connectivity index is 1.92. The molecule has 8 heteroatoms. The number of H-pyrrole nitrogens is 2. The number of allylic oxidation sites excluding steroid dienone is 6. The van der Waals surface area contributed by atoms with Crippen LogP contribution in [0.5, 0.6) is 0 Å². The molecular weight excluding hydrogens is 364 g/mol. The van der Waals surface area contributed by atoms with E-state index >= 15 is 0 Å². The molecule has 0 unspecified atom stereocenters. The lowest BCUT2D eigenvalue weighted by molar-refractivity contribution is 1.07. The Morgan fingerprint density at radius 2 is 1.69 bits per heavy atom. The SMILES string of the molecule is C=C/C=C(\C=NC)c1n[nH]c(-c2cccc(-c3nc(C(/C=C\C)=C/N)n[nH]3)c2)n1. The maximum absolute atomic E-state index is 5.66. The standard InChI is InChI=1S/C21H22N8/c1-4-7-16(12-22)20-24-18(26-28-20)14-9-6-10-15(11-14)19-25-21(29-27-19)17(8-5-2)13-23-3/h4-13H,2,22H2,1,3H3,(H,24,26,28)(H,25,27,29)/b7-4-,16-12+,17-8+,23-13?. The number of aromatic amines is 2. The van der Waals surface area contributed by atoms with E-state index in [2.05, 4.69) is 41.9 Å². The first-order valence-electron chi connectivity index (χ1n) is 8.96. The summed E-state index contributed by atoms with van der Waals surface area (Å²) < 4.78 is 0. The molecule has 0 bridgehead atoms. The van der Waals surface area contributed by atoms with Gasteiger partial charge in [0.15, 0.2) is 23.3 Å². The van der Waals surface area contributed by atoms with E-state index < -0.39 is 0 Å². The molecule has 2 heterocycles. The van der Waals surface area contributed by atoms with Crippen molar-refractivity contribution in [1.29, 1.82) is 0 Å². The Morgan fingerprint density at radius 1 is 1.07 bits per heavy atom. The van der Waals surface area contributed by atoms with E-state index in [9.17, 15) is 0 Å². The number of nitrogens with zero attached hydrogens (tertiary/aromatic N) is 5. The van der Waals surface area contributed by atoms with Crippen LogP contribution in [0.25, 0.3) is 33.9 Å². The van der Waals surface area contributed by atoms with Gasteiger partial charge in [0, 0.05) is 41.7 Å². The summed E-state index contributed by atoms with van der Waals surface area (Å²) >= 11 is 0. The van der Waals surface area contributed by atoms with Crippen LogP contribution in [-0.2, 0) is 0 Å². The van der Waals surface area contributed by atoms with Crippen LogP contribution < -0.4 is 5.73 Å². The van der Waals surface area contributed by atoms with Crippen molar-refractivity contribution >= 4 is 17.4 Å². The van der Waals surface area contributed by atoms with Crippen LogP contribution in [0.15, 0.2) is 66.3 Å². The molecule has 0 aliphatic rings. The number of hydrogen-bond acceptors (Lipinski definition) is 6. The third kappa shape index (κ3) is 4.44. The van der Waals surface area contributed by atoms with E-state index in [4.69, 9.17) is 5.73 Å². The average molecular weight is 386 g/mol. The molecule has 3 rings (SSSR count). The van der Waals surface area contributed by atoms with Crippen LogP contribution >= 0.6 is 0 Å². The van der Waals surface area contributed by atoms with Gasteiger partial charge in [-0.05, 0) is 13.0 Å². The van der Waals surface area contributed by atoms with Crippen LogP contribution in [0.2, 0.25) is 0 Å². The minimum atomic E-state index is 0.533. The zero-order chi connectivity index (χ0) is 20.6. The lowest BCUT2D eigenvalue weighted by Crippen LogP contribution is -1.90. The molecule has 146 valence electrons. The van der Waals surface area contributed by atoms with Crippen molar-refractivity contribution in [2.24, 2.45) is 10.7 Å². The van der Waals surface area contributed by atoms with Gasteiger partial charge in [-0.2, -0.15) is 10.2 Å². The number of nitrogens with two attached hydrogens (primary N) is 1. The van der Waals surface area contributed by atoms with Gasteiger partial charge in [0.05, 0.1) is 0 Å². The highest BCUT2D eigenvalue weighted by atomic mass is 15.2. The first-order valence-corrected chi connectivity index (χ1v) is 8.96. The summed E-state index contributed by atoms with van der Waals surface area (Å²) in [5, 5.41) is 14.5. The molecule has 8 nitrogen and oxygen atoms in total. The summed E-state index contributed by atoms with van der Waals surface area (Å²) in [6.07, 6.45) is 10.4. The Labute approximate surface area is 168 Å². The second-order valence-electron chi connectivity index (χ2n) is 5.96. The lowest BCUT2D eigenvalue weighted by atomic mass is 10.1. The number of hydrogen-bond donors (Lipinski definition) is 3. The van der Waals surface area contributed by atoms with Gasteiger partial charge in [-0.1, -0.05) is 49.1 Å². The predicted octanol–water partition coefficient (Wildman–Crippen LogP) is 3.40. The van der Waals surface area contributed by atoms with Crippen LogP contribution in [0.3, 0.4) is 0 Å². The van der Waals surface area contributed by atoms with Crippen molar-refractivity contribution in [3.63, 3.8) is 0 Å². The van der Waals surface area contributed by atoms with E-state index in [1.807, 2.05) is 43.3 Å². The Hall–Kier alpha value is -4.07. The highest BCUT2D eigenvalue weighted by Gasteiger charge is 2.12. The van der Waals surface area contributed by atoms with Crippen molar-refractivity contribution in [3.05, 3.63) is 73.0 Å². The minimum Gasteiger partial charge on any atom is -0.404 e. The van der Waals surface area contributed by atoms with E-state index in [-0.39, 0.29) is 0 Å². The molecular formula is C21H22N8. The first-order chi connectivity index (χ1) is 14.2. The molecule has 4 N–H and O–H groups in total. The Kier molecular flexibility index (Phi) is 6.26. The molecule has 1 aromatic carbocycles. The predicted molar refractivity (Wildman–Crippen MR) is 117 cm³/mol. The fourth-order valence-corrected chi connectivity index (χ4v) is 2.68. The van der Waals surface area contributed by atoms with Crippen LogP contribution in [-0.4, -0.2) is 43.6 Å². The molecule has 0 saturated heterocycles. The van der Waals surface area contributed by atoms with Gasteiger partial charge in [0.2, 0.25) is 0 Å². The number of rotatable bonds is 7. The van der Waals surface area contributed by atoms with Gasteiger partial charge in [0.25, 0.3) is 0 Å². The second kappa shape index (κ2) is 9.23. The van der Waals surface area contributed by atoms with E-state index in [1.165, 1.54) is 6.20 Å². The van der Waals surface area contributed by atoms with Crippen LogP contribution in [0, 0.1) is 0 Å². The fraction of sp³-hybridized carbons (Fsp3) is 0.0952. The Morgan fingerprint density at radius 3 is 2.21 bits per heavy atom. The molecule has 29 heavy (non-hydrogen) atoms. The molecule has 0 spiro atoms. The topological polar surface area (TPSA) is 122 Å². The maximum atomic E-state index is 5.66. The summed E-state index contributed by atoms with van der Waals surface area (Å²) in [4.78, 5) is 13.1. The largest absolute Gasteiger partial charge is 0.404 e. The van der Waals surface area contributed by atoms with Gasteiger partial charge < -0.3 is 5.73 Å². The lowest BCUT2D eigenvalue weighted by Gasteiger charge is -2.00. The van der Waals surface area contributed by atoms with E-state index in [0.717, 1.165) is 22.3 Å². The molecule has 3 aromatic rings. The fourth-order valence-electron chi connectivity index (χ4n) is 2.68. The van der Waals surface area contributed by atoms with Crippen molar-refractivity contribution in [3.8, 4) is 22.8 Å². The molecule has 2 aromatic heterocycles. The summed E-state index contributed by atoms with van der Waals surface area (Å²) in [5.74, 6) is 2.35. The monoisotopic (exact) mass is 386 g/mol. The summed E-state index contributed by atoms with van der Waals surface area (Å²) in [7, 11) is 1.70. The molecule has 0 atom stereocenters. The highest BCUT2D eigenvalue weighted by Crippen LogP contribution is 2.24. The third-order valence-electron chi connectivity index (χ3n) is 3.99. The van der Waals surface area contributed by atoms with Gasteiger partial charge in [-0.15, -0.1) is 0 Å². The smallest absolute Gasteiger partial charge is 0.183 e. The van der Waals surface area contributed by atoms with Crippen molar-refractivity contribution < 1.29 is 0 Å². The normalized spacial score (nSPS) is 12.9. The summed E-state index contributed by atoms with van der Waals surface area (Å²) in [5.41, 5.74) is 8.91. The van der Waals surface area contributed by atoms with Gasteiger partial charge >= 0.3 is 0 Å².